The van der Waals surface area contributed by atoms with E-state index in [2.05, 4.69) is 28.1 Å². The predicted molar refractivity (Wildman–Crippen MR) is 95.5 cm³/mol. The molecule has 2 aromatic rings. The van der Waals surface area contributed by atoms with E-state index in [0.717, 1.165) is 6.33 Å². The summed E-state index contributed by atoms with van der Waals surface area (Å²) in [6, 6.07) is 0. The third kappa shape index (κ3) is 6.38. The maximum Gasteiger partial charge on any atom is 2.00 e. The molecule has 1 fully saturated rings. The van der Waals surface area contributed by atoms with Crippen LogP contribution in [0.15, 0.2) is 12.7 Å². The van der Waals surface area contributed by atoms with Crippen LogP contribution < -0.4 is 5.73 Å². The molecule has 8 N–H and O–H groups in total. The molecule has 2 unspecified atom stereocenters. The maximum atomic E-state index is 11.8. The van der Waals surface area contributed by atoms with E-state index in [9.17, 15) is 28.8 Å². The number of ether oxygens (including phenoxy) is 1. The first-order valence-corrected chi connectivity index (χ1v) is 12.4. The van der Waals surface area contributed by atoms with Crippen LogP contribution in [0.5, 0.6) is 0 Å². The van der Waals surface area contributed by atoms with Gasteiger partial charge in [-0.1, -0.05) is 0 Å². The SMILES string of the molecule is Nc1ncnc2c1ncn2[C@@H]1O[C@H](COP(=O)(O)OP(=O)(O)OP(=O)(O)O)[C@@H](O)[C@H]1O.[Ni+2]. The van der Waals surface area contributed by atoms with Crippen molar-refractivity contribution in [3.63, 3.8) is 0 Å². The largest absolute Gasteiger partial charge is 2.00 e. The summed E-state index contributed by atoms with van der Waals surface area (Å²) in [5, 5.41) is 20.4. The molecule has 1 aliphatic heterocycles. The van der Waals surface area contributed by atoms with E-state index in [4.69, 9.17) is 25.2 Å². The second kappa shape index (κ2) is 9.78. The van der Waals surface area contributed by atoms with Crippen LogP contribution in [0, 0.1) is 0 Å². The predicted octanol–water partition coefficient (Wildman–Crippen LogP) is -1.63. The summed E-state index contributed by atoms with van der Waals surface area (Å²) >= 11 is 0. The van der Waals surface area contributed by atoms with Gasteiger partial charge in [0.2, 0.25) is 0 Å². The molecule has 0 radical (unpaired) electrons. The van der Waals surface area contributed by atoms with Crippen molar-refractivity contribution in [3.8, 4) is 0 Å². The molecule has 0 aliphatic carbocycles. The topological polar surface area (TPSA) is 279 Å². The molecule has 32 heavy (non-hydrogen) atoms. The van der Waals surface area contributed by atoms with Gasteiger partial charge in [-0.05, 0) is 0 Å². The van der Waals surface area contributed by atoms with Gasteiger partial charge >= 0.3 is 40.0 Å². The Balaban J connectivity index is 0.00000363. The van der Waals surface area contributed by atoms with Crippen molar-refractivity contribution in [1.29, 1.82) is 0 Å². The molecule has 1 saturated heterocycles. The summed E-state index contributed by atoms with van der Waals surface area (Å²) in [5.74, 6) is 0.0426. The van der Waals surface area contributed by atoms with Crippen LogP contribution in [0.4, 0.5) is 5.82 Å². The monoisotopic (exact) mass is 565 g/mol. The van der Waals surface area contributed by atoms with Crippen LogP contribution in [0.3, 0.4) is 0 Å². The molecule has 182 valence electrons. The number of hydrogen-bond acceptors (Lipinski definition) is 13. The molecule has 3 rings (SSSR count). The Hall–Kier alpha value is -0.866. The van der Waals surface area contributed by atoms with Crippen molar-refractivity contribution in [2.45, 2.75) is 24.5 Å². The van der Waals surface area contributed by atoms with Gasteiger partial charge in [0.15, 0.2) is 17.7 Å². The van der Waals surface area contributed by atoms with Gasteiger partial charge in [0, 0.05) is 0 Å². The fourth-order valence-corrected chi connectivity index (χ4v) is 5.65. The number of rotatable bonds is 8. The van der Waals surface area contributed by atoms with Gasteiger partial charge in [-0.3, -0.25) is 9.09 Å². The number of phosphoric ester groups is 1. The zero-order valence-corrected chi connectivity index (χ0v) is 18.9. The number of nitrogens with zero attached hydrogens (tertiary/aromatic N) is 4. The van der Waals surface area contributed by atoms with E-state index in [-0.39, 0.29) is 33.5 Å². The van der Waals surface area contributed by atoms with Crippen LogP contribution in [-0.2, 0) is 48.1 Å². The van der Waals surface area contributed by atoms with Crippen molar-refractivity contribution in [2.24, 2.45) is 0 Å². The maximum absolute atomic E-state index is 11.8. The van der Waals surface area contributed by atoms with Crippen LogP contribution in [0.25, 0.3) is 11.2 Å². The van der Waals surface area contributed by atoms with Crippen LogP contribution in [-0.4, -0.2) is 74.2 Å². The van der Waals surface area contributed by atoms with Crippen LogP contribution in [0.1, 0.15) is 6.23 Å². The Labute approximate surface area is 187 Å². The van der Waals surface area contributed by atoms with Gasteiger partial charge in [-0.15, -0.1) is 0 Å². The molecule has 0 aromatic carbocycles. The molecule has 0 saturated carbocycles. The number of imidazole rings is 1. The summed E-state index contributed by atoms with van der Waals surface area (Å²) in [6.07, 6.45) is -3.69. The molecule has 0 amide bonds. The van der Waals surface area contributed by atoms with E-state index in [1.165, 1.54) is 10.9 Å². The average molecular weight is 566 g/mol. The normalized spacial score (nSPS) is 27.6. The Kier molecular flexibility index (Phi) is 8.37. The standard InChI is InChI=1S/C10H16N5O13P3.Ni/c11-8-5-9(13-2-12-8)15(3-14-5)10-7(17)6(16)4(26-10)1-25-30(21,22)28-31(23,24)27-29(18,19)20;/h2-4,6-7,10,16-17H,1H2,(H,21,22)(H,23,24)(H2,11,12,13)(H2,18,19,20);/q;+2/t4-,6-,7-,10-;/m1./s1. The van der Waals surface area contributed by atoms with E-state index in [1.54, 1.807) is 0 Å². The summed E-state index contributed by atoms with van der Waals surface area (Å²) in [5.41, 5.74) is 6.00. The quantitative estimate of drug-likeness (QED) is 0.139. The summed E-state index contributed by atoms with van der Waals surface area (Å²) in [6.45, 7) is -0.956. The number of anilines is 1. The molecular weight excluding hydrogens is 550 g/mol. The fraction of sp³-hybridized carbons (Fsp3) is 0.500. The summed E-state index contributed by atoms with van der Waals surface area (Å²) < 4.78 is 51.9. The van der Waals surface area contributed by atoms with Crippen molar-refractivity contribution in [2.75, 3.05) is 12.3 Å². The van der Waals surface area contributed by atoms with E-state index >= 15 is 0 Å². The number of phosphoric acid groups is 3. The minimum Gasteiger partial charge on any atom is -0.387 e. The Morgan fingerprint density at radius 1 is 1.03 bits per heavy atom. The number of nitrogens with two attached hydrogens (primary N) is 1. The van der Waals surface area contributed by atoms with Gasteiger partial charge in [0.25, 0.3) is 0 Å². The number of aliphatic hydroxyl groups is 2. The van der Waals surface area contributed by atoms with Crippen LogP contribution in [0.2, 0.25) is 0 Å². The minimum atomic E-state index is -5.70. The third-order valence-corrected chi connectivity index (χ3v) is 7.62. The summed E-state index contributed by atoms with van der Waals surface area (Å²) in [4.78, 5) is 47.2. The summed E-state index contributed by atoms with van der Waals surface area (Å²) in [7, 11) is -16.7. The number of hydrogen-bond donors (Lipinski definition) is 7. The van der Waals surface area contributed by atoms with Gasteiger partial charge in [0.1, 0.15) is 30.2 Å². The van der Waals surface area contributed by atoms with E-state index in [0.29, 0.717) is 0 Å². The average Bonchev–Trinajstić information content (AvgIpc) is 3.13. The van der Waals surface area contributed by atoms with Crippen molar-refractivity contribution in [3.05, 3.63) is 12.7 Å². The van der Waals surface area contributed by atoms with Crippen molar-refractivity contribution < 1.29 is 77.9 Å². The van der Waals surface area contributed by atoms with Crippen LogP contribution >= 0.6 is 23.5 Å². The molecule has 22 heteroatoms. The third-order valence-electron chi connectivity index (χ3n) is 3.82. The first kappa shape index (κ1) is 27.4. The molecule has 1 aliphatic rings. The van der Waals surface area contributed by atoms with Gasteiger partial charge in [-0.25, -0.2) is 28.6 Å². The molecule has 6 atom stereocenters. The van der Waals surface area contributed by atoms with E-state index < -0.39 is 54.6 Å². The van der Waals surface area contributed by atoms with Gasteiger partial charge in [-0.2, -0.15) is 8.62 Å². The first-order chi connectivity index (χ1) is 14.2. The molecule has 3 heterocycles. The zero-order chi connectivity index (χ0) is 23.2. The molecule has 18 nitrogen and oxygen atoms in total. The number of fused-ring (bicyclic) bond motifs is 1. The number of nitrogen functional groups attached to an aromatic ring is 1. The second-order valence-corrected chi connectivity index (χ2v) is 10.4. The van der Waals surface area contributed by atoms with Crippen molar-refractivity contribution in [1.82, 2.24) is 19.5 Å². The molecule has 0 spiro atoms. The van der Waals surface area contributed by atoms with Gasteiger partial charge < -0.3 is 40.3 Å². The Bertz CT molecular complexity index is 1110. The number of aromatic nitrogens is 4. The Morgan fingerprint density at radius 2 is 1.69 bits per heavy atom. The molecule has 0 bridgehead atoms. The molecule has 2 aromatic heterocycles. The van der Waals surface area contributed by atoms with Gasteiger partial charge in [0.05, 0.1) is 12.9 Å². The smallest absolute Gasteiger partial charge is 0.387 e. The second-order valence-electron chi connectivity index (χ2n) is 6.02. The first-order valence-electron chi connectivity index (χ1n) is 7.92. The fourth-order valence-electron chi connectivity index (χ4n) is 2.62. The van der Waals surface area contributed by atoms with Crippen molar-refractivity contribution >= 4 is 40.4 Å². The molecular formula is C10H16N5NiO13P3+2. The zero-order valence-electron chi connectivity index (χ0n) is 15.2. The minimum absolute atomic E-state index is 0. The van der Waals surface area contributed by atoms with E-state index in [1.807, 2.05) is 0 Å². The number of aliphatic hydroxyl groups excluding tert-OH is 2. The Morgan fingerprint density at radius 3 is 2.31 bits per heavy atom.